The monoisotopic (exact) mass is 467 g/mol. The molecule has 1 aromatic carbocycles. The van der Waals surface area contributed by atoms with E-state index in [1.54, 1.807) is 16.2 Å². The quantitative estimate of drug-likeness (QED) is 0.513. The molecule has 2 aromatic heterocycles. The highest BCUT2D eigenvalue weighted by Crippen LogP contribution is 2.34. The molecule has 1 N–H and O–H groups in total. The molecule has 8 heteroatoms. The number of ether oxygens (including phenoxy) is 1. The molecule has 33 heavy (non-hydrogen) atoms. The number of rotatable bonds is 6. The van der Waals surface area contributed by atoms with Gasteiger partial charge >= 0.3 is 6.09 Å². The number of amides is 1. The minimum Gasteiger partial charge on any atom is -0.444 e. The summed E-state index contributed by atoms with van der Waals surface area (Å²) in [5.41, 5.74) is 1.62. The molecule has 0 radical (unpaired) electrons. The summed E-state index contributed by atoms with van der Waals surface area (Å²) in [6.45, 7) is 12.7. The van der Waals surface area contributed by atoms with Crippen molar-refractivity contribution in [2.75, 3.05) is 44.6 Å². The maximum Gasteiger partial charge on any atom is 0.410 e. The second kappa shape index (κ2) is 10.1. The highest BCUT2D eigenvalue weighted by molar-refractivity contribution is 7.22. The lowest BCUT2D eigenvalue weighted by Gasteiger charge is -2.35. The van der Waals surface area contributed by atoms with Gasteiger partial charge in [-0.3, -0.25) is 4.90 Å². The fourth-order valence-corrected chi connectivity index (χ4v) is 4.98. The van der Waals surface area contributed by atoms with Crippen molar-refractivity contribution in [1.29, 1.82) is 0 Å². The van der Waals surface area contributed by atoms with Crippen molar-refractivity contribution in [2.45, 2.75) is 39.7 Å². The number of aromatic nitrogens is 2. The van der Waals surface area contributed by atoms with Gasteiger partial charge in [-0.2, -0.15) is 0 Å². The molecule has 0 spiro atoms. The van der Waals surface area contributed by atoms with Crippen LogP contribution in [0.25, 0.3) is 20.7 Å². The number of nitrogens with zero attached hydrogens (tertiary/aromatic N) is 4. The third-order valence-electron chi connectivity index (χ3n) is 5.59. The number of nitrogens with one attached hydrogen (secondary N) is 1. The minimum atomic E-state index is -0.450. The largest absolute Gasteiger partial charge is 0.444 e. The van der Waals surface area contributed by atoms with Gasteiger partial charge in [-0.25, -0.2) is 14.8 Å². The van der Waals surface area contributed by atoms with E-state index < -0.39 is 5.60 Å². The second-order valence-corrected chi connectivity index (χ2v) is 10.5. The van der Waals surface area contributed by atoms with E-state index >= 15 is 0 Å². The summed E-state index contributed by atoms with van der Waals surface area (Å²) in [6.07, 6.45) is 2.67. The Kier molecular flexibility index (Phi) is 7.14. The van der Waals surface area contributed by atoms with Crippen LogP contribution in [0.15, 0.2) is 36.5 Å². The van der Waals surface area contributed by atoms with E-state index in [9.17, 15) is 4.79 Å². The number of benzene rings is 1. The van der Waals surface area contributed by atoms with Gasteiger partial charge < -0.3 is 15.0 Å². The Morgan fingerprint density at radius 1 is 1.18 bits per heavy atom. The van der Waals surface area contributed by atoms with Crippen LogP contribution in [0, 0.1) is 6.92 Å². The molecule has 1 amide bonds. The predicted octanol–water partition coefficient (Wildman–Crippen LogP) is 5.02. The fourth-order valence-electron chi connectivity index (χ4n) is 3.86. The number of hydrogen-bond donors (Lipinski definition) is 1. The lowest BCUT2D eigenvalue weighted by atomic mass is 10.2. The Morgan fingerprint density at radius 3 is 2.67 bits per heavy atom. The van der Waals surface area contributed by atoms with E-state index in [1.807, 2.05) is 27.0 Å². The first kappa shape index (κ1) is 23.4. The standard InChI is InChI=1S/C25H33N5O2S/c1-18-17-27-23(28-22(18)21-16-19-8-5-6-9-20(19)33-21)26-10-7-11-29-12-14-30(15-13-29)24(31)32-25(2,3)4/h5-6,8-9,16-17H,7,10-15H2,1-4H3,(H,26,27,28). The maximum absolute atomic E-state index is 12.2. The topological polar surface area (TPSA) is 70.6 Å². The molecule has 1 fully saturated rings. The van der Waals surface area contributed by atoms with Crippen LogP contribution < -0.4 is 5.32 Å². The summed E-state index contributed by atoms with van der Waals surface area (Å²) in [5, 5.41) is 4.63. The third-order valence-corrected chi connectivity index (χ3v) is 6.71. The summed E-state index contributed by atoms with van der Waals surface area (Å²) in [7, 11) is 0. The molecule has 1 aliphatic heterocycles. The fraction of sp³-hybridized carbons (Fsp3) is 0.480. The molecule has 0 aliphatic carbocycles. The van der Waals surface area contributed by atoms with Crippen molar-refractivity contribution in [3.05, 3.63) is 42.1 Å². The first-order valence-electron chi connectivity index (χ1n) is 11.6. The molecule has 176 valence electrons. The van der Waals surface area contributed by atoms with Crippen LogP contribution in [0.2, 0.25) is 0 Å². The van der Waals surface area contributed by atoms with E-state index in [0.29, 0.717) is 19.0 Å². The summed E-state index contributed by atoms with van der Waals surface area (Å²) in [6, 6.07) is 10.6. The summed E-state index contributed by atoms with van der Waals surface area (Å²) < 4.78 is 6.74. The number of carbonyl (C=O) groups is 1. The Hall–Kier alpha value is -2.71. The molecule has 1 saturated heterocycles. The predicted molar refractivity (Wildman–Crippen MR) is 135 cm³/mol. The molecular weight excluding hydrogens is 434 g/mol. The number of aryl methyl sites for hydroxylation is 1. The average Bonchev–Trinajstić information content (AvgIpc) is 3.21. The molecule has 1 aliphatic rings. The average molecular weight is 468 g/mol. The zero-order valence-electron chi connectivity index (χ0n) is 19.9. The number of hydrogen-bond acceptors (Lipinski definition) is 7. The molecule has 0 unspecified atom stereocenters. The normalized spacial score (nSPS) is 15.1. The number of anilines is 1. The molecule has 4 rings (SSSR count). The van der Waals surface area contributed by atoms with Gasteiger partial charge in [0.15, 0.2) is 0 Å². The molecular formula is C25H33N5O2S. The van der Waals surface area contributed by atoms with Crippen molar-refractivity contribution in [1.82, 2.24) is 19.8 Å². The van der Waals surface area contributed by atoms with Crippen LogP contribution in [-0.4, -0.2) is 70.7 Å². The maximum atomic E-state index is 12.2. The van der Waals surface area contributed by atoms with Crippen LogP contribution in [0.5, 0.6) is 0 Å². The second-order valence-electron chi connectivity index (χ2n) is 9.46. The first-order chi connectivity index (χ1) is 15.8. The van der Waals surface area contributed by atoms with Crippen LogP contribution in [-0.2, 0) is 4.74 Å². The van der Waals surface area contributed by atoms with Crippen molar-refractivity contribution in [2.24, 2.45) is 0 Å². The molecule has 3 aromatic rings. The van der Waals surface area contributed by atoms with E-state index in [2.05, 4.69) is 52.5 Å². The zero-order valence-corrected chi connectivity index (χ0v) is 20.7. The van der Waals surface area contributed by atoms with Gasteiger partial charge in [0.1, 0.15) is 5.60 Å². The summed E-state index contributed by atoms with van der Waals surface area (Å²) in [5.74, 6) is 0.669. The van der Waals surface area contributed by atoms with Crippen molar-refractivity contribution in [3.8, 4) is 10.6 Å². The van der Waals surface area contributed by atoms with E-state index in [0.717, 1.165) is 43.9 Å². The van der Waals surface area contributed by atoms with Crippen LogP contribution in [0.3, 0.4) is 0 Å². The summed E-state index contributed by atoms with van der Waals surface area (Å²) in [4.78, 5) is 26.8. The molecule has 0 bridgehead atoms. The molecule has 3 heterocycles. The van der Waals surface area contributed by atoms with Gasteiger partial charge in [0.2, 0.25) is 5.95 Å². The van der Waals surface area contributed by atoms with Gasteiger partial charge in [0.25, 0.3) is 0 Å². The van der Waals surface area contributed by atoms with Gasteiger partial charge in [0.05, 0.1) is 10.6 Å². The third kappa shape index (κ3) is 6.21. The number of thiophene rings is 1. The first-order valence-corrected chi connectivity index (χ1v) is 12.4. The number of piperazine rings is 1. The smallest absolute Gasteiger partial charge is 0.410 e. The van der Waals surface area contributed by atoms with E-state index in [1.165, 1.54) is 15.0 Å². The van der Waals surface area contributed by atoms with Gasteiger partial charge in [-0.05, 0) is 63.7 Å². The highest BCUT2D eigenvalue weighted by Gasteiger charge is 2.25. The SMILES string of the molecule is Cc1cnc(NCCCN2CCN(C(=O)OC(C)(C)C)CC2)nc1-c1cc2ccccc2s1. The lowest BCUT2D eigenvalue weighted by molar-refractivity contribution is 0.0145. The molecule has 0 atom stereocenters. The zero-order chi connectivity index (χ0) is 23.4. The summed E-state index contributed by atoms with van der Waals surface area (Å²) >= 11 is 1.76. The van der Waals surface area contributed by atoms with Crippen LogP contribution in [0.4, 0.5) is 10.7 Å². The van der Waals surface area contributed by atoms with Crippen molar-refractivity contribution >= 4 is 33.5 Å². The van der Waals surface area contributed by atoms with Gasteiger partial charge in [-0.1, -0.05) is 18.2 Å². The lowest BCUT2D eigenvalue weighted by Crippen LogP contribution is -2.50. The van der Waals surface area contributed by atoms with Crippen LogP contribution >= 0.6 is 11.3 Å². The van der Waals surface area contributed by atoms with Gasteiger partial charge in [0, 0.05) is 43.6 Å². The van der Waals surface area contributed by atoms with Crippen molar-refractivity contribution < 1.29 is 9.53 Å². The Balaban J connectivity index is 1.24. The van der Waals surface area contributed by atoms with Crippen molar-refractivity contribution in [3.63, 3.8) is 0 Å². The molecule has 7 nitrogen and oxygen atoms in total. The number of carbonyl (C=O) groups excluding carboxylic acids is 1. The van der Waals surface area contributed by atoms with Gasteiger partial charge in [-0.15, -0.1) is 11.3 Å². The Bertz CT molecular complexity index is 1070. The van der Waals surface area contributed by atoms with E-state index in [-0.39, 0.29) is 6.09 Å². The number of fused-ring (bicyclic) bond motifs is 1. The Morgan fingerprint density at radius 2 is 1.94 bits per heavy atom. The van der Waals surface area contributed by atoms with E-state index in [4.69, 9.17) is 9.72 Å². The minimum absolute atomic E-state index is 0.213. The molecule has 0 saturated carbocycles. The Labute approximate surface area is 199 Å². The van der Waals surface area contributed by atoms with Crippen LogP contribution in [0.1, 0.15) is 32.8 Å². The highest BCUT2D eigenvalue weighted by atomic mass is 32.1.